The topological polar surface area (TPSA) is 101 Å². The van der Waals surface area contributed by atoms with E-state index in [1.807, 2.05) is 0 Å². The molecule has 2 rings (SSSR count). The monoisotopic (exact) mass is 442 g/mol. The molecule has 11 heteroatoms. The van der Waals surface area contributed by atoms with Crippen molar-refractivity contribution in [3.8, 4) is 0 Å². The van der Waals surface area contributed by atoms with E-state index in [0.29, 0.717) is 17.0 Å². The molecule has 1 aromatic carbocycles. The minimum atomic E-state index is -3.75. The molecule has 1 heterocycles. The van der Waals surface area contributed by atoms with Gasteiger partial charge in [-0.25, -0.2) is 16.8 Å². The summed E-state index contributed by atoms with van der Waals surface area (Å²) in [4.78, 5) is 12.1. The van der Waals surface area contributed by atoms with Crippen LogP contribution in [0.4, 0.5) is 0 Å². The van der Waals surface area contributed by atoms with Gasteiger partial charge in [0.1, 0.15) is 0 Å². The Labute approximate surface area is 163 Å². The van der Waals surface area contributed by atoms with Crippen molar-refractivity contribution in [2.45, 2.75) is 25.1 Å². The third-order valence-corrected chi connectivity index (χ3v) is 8.38. The highest BCUT2D eigenvalue weighted by atomic mass is 35.5. The molecular formula is C15H20Cl2N2O5S2. The van der Waals surface area contributed by atoms with Crippen LogP contribution in [-0.2, 0) is 30.4 Å². The number of sulfonamides is 1. The Morgan fingerprint density at radius 1 is 1.31 bits per heavy atom. The van der Waals surface area contributed by atoms with Gasteiger partial charge >= 0.3 is 0 Å². The van der Waals surface area contributed by atoms with Crippen LogP contribution >= 0.6 is 23.2 Å². The van der Waals surface area contributed by atoms with Crippen molar-refractivity contribution in [1.29, 1.82) is 0 Å². The number of halogens is 2. The Morgan fingerprint density at radius 2 is 2.00 bits per heavy atom. The fourth-order valence-electron chi connectivity index (χ4n) is 2.68. The van der Waals surface area contributed by atoms with E-state index in [0.717, 1.165) is 4.31 Å². The van der Waals surface area contributed by atoms with E-state index in [9.17, 15) is 21.6 Å². The van der Waals surface area contributed by atoms with Crippen LogP contribution in [0.5, 0.6) is 0 Å². The number of hydrogen-bond acceptors (Lipinski definition) is 5. The van der Waals surface area contributed by atoms with E-state index in [1.54, 1.807) is 13.0 Å². The third-order valence-electron chi connectivity index (χ3n) is 4.00. The SMILES string of the molecule is CCN(CC(=O)NC1CCS(=O)(=O)C1)S(=O)(=O)Cc1ccc(Cl)c(Cl)c1. The first kappa shape index (κ1) is 21.4. The lowest BCUT2D eigenvalue weighted by atomic mass is 10.2. The Morgan fingerprint density at radius 3 is 2.54 bits per heavy atom. The van der Waals surface area contributed by atoms with Gasteiger partial charge < -0.3 is 5.32 Å². The standard InChI is InChI=1S/C15H20Cl2N2O5S2/c1-2-19(8-15(20)18-12-5-6-25(21,22)10-12)26(23,24)9-11-3-4-13(16)14(17)7-11/h3-4,7,12H,2,5-6,8-10H2,1H3,(H,18,20). The second kappa shape index (κ2) is 8.43. The van der Waals surface area contributed by atoms with Crippen molar-refractivity contribution in [3.63, 3.8) is 0 Å². The predicted octanol–water partition coefficient (Wildman–Crippen LogP) is 1.45. The molecule has 1 N–H and O–H groups in total. The number of nitrogens with zero attached hydrogens (tertiary/aromatic N) is 1. The van der Waals surface area contributed by atoms with Crippen molar-refractivity contribution >= 4 is 49.0 Å². The Bertz CT molecular complexity index is 887. The summed E-state index contributed by atoms with van der Waals surface area (Å²) in [5.74, 6) is -0.916. The summed E-state index contributed by atoms with van der Waals surface area (Å²) in [6.07, 6.45) is 0.343. The lowest BCUT2D eigenvalue weighted by Crippen LogP contribution is -2.44. The van der Waals surface area contributed by atoms with Crippen LogP contribution in [-0.4, -0.2) is 57.7 Å². The van der Waals surface area contributed by atoms with Crippen LogP contribution in [0.2, 0.25) is 10.0 Å². The summed E-state index contributed by atoms with van der Waals surface area (Å²) in [7, 11) is -6.88. The number of benzene rings is 1. The molecule has 1 atom stereocenters. The van der Waals surface area contributed by atoms with Gasteiger partial charge in [-0.05, 0) is 24.1 Å². The van der Waals surface area contributed by atoms with Crippen LogP contribution in [0.1, 0.15) is 18.9 Å². The maximum atomic E-state index is 12.6. The lowest BCUT2D eigenvalue weighted by Gasteiger charge is -2.21. The predicted molar refractivity (Wildman–Crippen MR) is 102 cm³/mol. The number of likely N-dealkylation sites (N-methyl/N-ethyl adjacent to an activating group) is 1. The van der Waals surface area contributed by atoms with Crippen LogP contribution in [0, 0.1) is 0 Å². The minimum absolute atomic E-state index is 0.0328. The molecule has 1 aromatic rings. The quantitative estimate of drug-likeness (QED) is 0.688. The number of hydrogen-bond donors (Lipinski definition) is 1. The first-order chi connectivity index (χ1) is 12.0. The number of amides is 1. The zero-order chi connectivity index (χ0) is 19.5. The van der Waals surface area contributed by atoms with Gasteiger partial charge in [-0.2, -0.15) is 4.31 Å². The van der Waals surface area contributed by atoms with Crippen molar-refractivity contribution < 1.29 is 21.6 Å². The zero-order valence-corrected chi connectivity index (χ0v) is 17.3. The smallest absolute Gasteiger partial charge is 0.235 e. The maximum Gasteiger partial charge on any atom is 0.235 e. The summed E-state index contributed by atoms with van der Waals surface area (Å²) in [6.45, 7) is 1.37. The van der Waals surface area contributed by atoms with Crippen molar-refractivity contribution in [1.82, 2.24) is 9.62 Å². The van der Waals surface area contributed by atoms with Gasteiger partial charge in [-0.15, -0.1) is 0 Å². The van der Waals surface area contributed by atoms with Crippen molar-refractivity contribution in [2.24, 2.45) is 0 Å². The lowest BCUT2D eigenvalue weighted by molar-refractivity contribution is -0.121. The number of nitrogens with one attached hydrogen (secondary N) is 1. The molecule has 1 saturated heterocycles. The fourth-order valence-corrected chi connectivity index (χ4v) is 6.17. The second-order valence-electron chi connectivity index (χ2n) is 6.10. The van der Waals surface area contributed by atoms with Gasteiger partial charge in [-0.1, -0.05) is 36.2 Å². The summed E-state index contributed by atoms with van der Waals surface area (Å²) in [5.41, 5.74) is 0.458. The van der Waals surface area contributed by atoms with Gasteiger partial charge in [0.15, 0.2) is 9.84 Å². The molecule has 0 spiro atoms. The van der Waals surface area contributed by atoms with E-state index >= 15 is 0 Å². The van der Waals surface area contributed by atoms with Crippen LogP contribution in [0.15, 0.2) is 18.2 Å². The first-order valence-electron chi connectivity index (χ1n) is 7.94. The maximum absolute atomic E-state index is 12.6. The third kappa shape index (κ3) is 5.82. The van der Waals surface area contributed by atoms with Crippen LogP contribution < -0.4 is 5.32 Å². The van der Waals surface area contributed by atoms with E-state index in [4.69, 9.17) is 23.2 Å². The highest BCUT2D eigenvalue weighted by Crippen LogP contribution is 2.24. The van der Waals surface area contributed by atoms with E-state index in [2.05, 4.69) is 5.32 Å². The molecule has 1 aliphatic heterocycles. The van der Waals surface area contributed by atoms with Crippen molar-refractivity contribution in [2.75, 3.05) is 24.6 Å². The fraction of sp³-hybridized carbons (Fsp3) is 0.533. The highest BCUT2D eigenvalue weighted by molar-refractivity contribution is 7.91. The number of carbonyl (C=O) groups is 1. The van der Waals surface area contributed by atoms with E-state index in [-0.39, 0.29) is 35.4 Å². The first-order valence-corrected chi connectivity index (χ1v) is 12.1. The normalized spacial score (nSPS) is 19.6. The summed E-state index contributed by atoms with van der Waals surface area (Å²) >= 11 is 11.7. The molecule has 0 radical (unpaired) electrons. The molecular weight excluding hydrogens is 423 g/mol. The van der Waals surface area contributed by atoms with E-state index in [1.165, 1.54) is 12.1 Å². The van der Waals surface area contributed by atoms with E-state index < -0.39 is 31.8 Å². The summed E-state index contributed by atoms with van der Waals surface area (Å²) in [5, 5.41) is 3.17. The number of sulfone groups is 1. The largest absolute Gasteiger partial charge is 0.351 e. The molecule has 1 unspecified atom stereocenters. The number of rotatable bonds is 7. The number of carbonyl (C=O) groups excluding carboxylic acids is 1. The molecule has 1 fully saturated rings. The Balaban J connectivity index is 2.01. The average Bonchev–Trinajstić information content (AvgIpc) is 2.86. The van der Waals surface area contributed by atoms with Crippen LogP contribution in [0.3, 0.4) is 0 Å². The van der Waals surface area contributed by atoms with Gasteiger partial charge in [0.25, 0.3) is 0 Å². The highest BCUT2D eigenvalue weighted by Gasteiger charge is 2.30. The van der Waals surface area contributed by atoms with Gasteiger partial charge in [0.05, 0.1) is 33.8 Å². The molecule has 0 aliphatic carbocycles. The Kier molecular flexibility index (Phi) is 6.95. The molecule has 0 aromatic heterocycles. The molecule has 0 saturated carbocycles. The molecule has 1 amide bonds. The summed E-state index contributed by atoms with van der Waals surface area (Å²) < 4.78 is 49.1. The Hall–Kier alpha value is -0.870. The van der Waals surface area contributed by atoms with Crippen LogP contribution in [0.25, 0.3) is 0 Å². The molecule has 0 bridgehead atoms. The molecule has 1 aliphatic rings. The molecule has 146 valence electrons. The molecule has 26 heavy (non-hydrogen) atoms. The van der Waals surface area contributed by atoms with Crippen molar-refractivity contribution in [3.05, 3.63) is 33.8 Å². The summed E-state index contributed by atoms with van der Waals surface area (Å²) in [6, 6.07) is 4.07. The second-order valence-corrected chi connectivity index (χ2v) is 11.1. The van der Waals surface area contributed by atoms with Gasteiger partial charge in [-0.3, -0.25) is 4.79 Å². The van der Waals surface area contributed by atoms with Gasteiger partial charge in [0, 0.05) is 12.6 Å². The minimum Gasteiger partial charge on any atom is -0.351 e. The average molecular weight is 443 g/mol. The van der Waals surface area contributed by atoms with Gasteiger partial charge in [0.2, 0.25) is 15.9 Å². The zero-order valence-electron chi connectivity index (χ0n) is 14.1. The molecule has 7 nitrogen and oxygen atoms in total.